The summed E-state index contributed by atoms with van der Waals surface area (Å²) in [6, 6.07) is 23.5. The van der Waals surface area contributed by atoms with Gasteiger partial charge in [0.05, 0.1) is 12.9 Å². The maximum Gasteiger partial charge on any atom is 0.234 e. The molecule has 0 saturated heterocycles. The molecule has 0 aliphatic rings. The summed E-state index contributed by atoms with van der Waals surface area (Å²) in [4.78, 5) is 12.6. The predicted octanol–water partition coefficient (Wildman–Crippen LogP) is 5.29. The van der Waals surface area contributed by atoms with Crippen LogP contribution < -0.4 is 10.1 Å². The van der Waals surface area contributed by atoms with Crippen LogP contribution in [-0.4, -0.2) is 33.5 Å². The van der Waals surface area contributed by atoms with Crippen LogP contribution in [0.2, 0.25) is 0 Å². The summed E-state index contributed by atoms with van der Waals surface area (Å²) in [6.07, 6.45) is 0. The SMILES string of the molecule is COc1ccc(-n2c(SCC(=O)Nc3ccc(C)c(C)c3)nnc2-c2ccccc2)cc1. The van der Waals surface area contributed by atoms with E-state index in [9.17, 15) is 4.79 Å². The molecule has 1 heterocycles. The van der Waals surface area contributed by atoms with Gasteiger partial charge in [-0.05, 0) is 61.4 Å². The number of carbonyl (C=O) groups excluding carboxylic acids is 1. The molecule has 7 heteroatoms. The lowest BCUT2D eigenvalue weighted by molar-refractivity contribution is -0.113. The number of rotatable bonds is 7. The fraction of sp³-hybridized carbons (Fsp3) is 0.160. The molecule has 32 heavy (non-hydrogen) atoms. The number of anilines is 1. The van der Waals surface area contributed by atoms with Crippen molar-refractivity contribution in [1.82, 2.24) is 14.8 Å². The average Bonchev–Trinajstić information content (AvgIpc) is 3.25. The molecule has 0 spiro atoms. The van der Waals surface area contributed by atoms with Gasteiger partial charge >= 0.3 is 0 Å². The first-order valence-corrected chi connectivity index (χ1v) is 11.2. The largest absolute Gasteiger partial charge is 0.497 e. The molecule has 0 aliphatic carbocycles. The molecular formula is C25H24N4O2S. The molecule has 0 atom stereocenters. The molecule has 0 saturated carbocycles. The summed E-state index contributed by atoms with van der Waals surface area (Å²) < 4.78 is 7.25. The Kier molecular flexibility index (Phi) is 6.56. The summed E-state index contributed by atoms with van der Waals surface area (Å²) in [6.45, 7) is 4.08. The first-order chi connectivity index (χ1) is 15.5. The fourth-order valence-corrected chi connectivity index (χ4v) is 4.00. The Morgan fingerprint density at radius 1 is 0.969 bits per heavy atom. The van der Waals surface area contributed by atoms with E-state index < -0.39 is 0 Å². The molecule has 4 aromatic rings. The maximum absolute atomic E-state index is 12.6. The molecule has 0 aliphatic heterocycles. The summed E-state index contributed by atoms with van der Waals surface area (Å²) in [5, 5.41) is 12.4. The third kappa shape index (κ3) is 4.84. The van der Waals surface area contributed by atoms with E-state index in [1.54, 1.807) is 7.11 Å². The number of nitrogens with zero attached hydrogens (tertiary/aromatic N) is 3. The van der Waals surface area contributed by atoms with Gasteiger partial charge in [-0.15, -0.1) is 10.2 Å². The highest BCUT2D eigenvalue weighted by molar-refractivity contribution is 7.99. The molecule has 4 rings (SSSR count). The minimum Gasteiger partial charge on any atom is -0.497 e. The molecule has 3 aromatic carbocycles. The molecule has 162 valence electrons. The van der Waals surface area contributed by atoms with E-state index in [1.807, 2.05) is 91.2 Å². The van der Waals surface area contributed by atoms with Crippen LogP contribution in [0.5, 0.6) is 5.75 Å². The predicted molar refractivity (Wildman–Crippen MR) is 129 cm³/mol. The molecule has 0 fully saturated rings. The lowest BCUT2D eigenvalue weighted by Crippen LogP contribution is -2.14. The van der Waals surface area contributed by atoms with Crippen LogP contribution >= 0.6 is 11.8 Å². The van der Waals surface area contributed by atoms with Crippen molar-refractivity contribution in [2.75, 3.05) is 18.2 Å². The lowest BCUT2D eigenvalue weighted by Gasteiger charge is -2.11. The van der Waals surface area contributed by atoms with Gasteiger partial charge < -0.3 is 10.1 Å². The zero-order chi connectivity index (χ0) is 22.5. The van der Waals surface area contributed by atoms with Crippen LogP contribution in [0.15, 0.2) is 78.0 Å². The smallest absolute Gasteiger partial charge is 0.234 e. The van der Waals surface area contributed by atoms with Gasteiger partial charge in [-0.3, -0.25) is 9.36 Å². The van der Waals surface area contributed by atoms with Gasteiger partial charge in [0, 0.05) is 16.9 Å². The number of thioether (sulfide) groups is 1. The second kappa shape index (κ2) is 9.70. The molecule has 1 aromatic heterocycles. The first kappa shape index (κ1) is 21.6. The third-order valence-electron chi connectivity index (χ3n) is 5.12. The summed E-state index contributed by atoms with van der Waals surface area (Å²) in [5.41, 5.74) is 4.97. The summed E-state index contributed by atoms with van der Waals surface area (Å²) in [5.74, 6) is 1.61. The van der Waals surface area contributed by atoms with E-state index >= 15 is 0 Å². The molecule has 6 nitrogen and oxygen atoms in total. The number of amides is 1. The molecule has 1 N–H and O–H groups in total. The quantitative estimate of drug-likeness (QED) is 0.392. The van der Waals surface area contributed by atoms with Crippen molar-refractivity contribution in [1.29, 1.82) is 0 Å². The topological polar surface area (TPSA) is 69.0 Å². The van der Waals surface area contributed by atoms with E-state index in [2.05, 4.69) is 15.5 Å². The summed E-state index contributed by atoms with van der Waals surface area (Å²) >= 11 is 1.35. The van der Waals surface area contributed by atoms with Crippen LogP contribution in [0, 0.1) is 13.8 Å². The molecule has 1 amide bonds. The minimum absolute atomic E-state index is 0.0937. The van der Waals surface area contributed by atoms with Gasteiger partial charge in [-0.1, -0.05) is 48.2 Å². The molecule has 0 unspecified atom stereocenters. The number of ether oxygens (including phenoxy) is 1. The van der Waals surface area contributed by atoms with Gasteiger partial charge in [0.25, 0.3) is 0 Å². The van der Waals surface area contributed by atoms with Gasteiger partial charge in [-0.25, -0.2) is 0 Å². The van der Waals surface area contributed by atoms with Crippen LogP contribution in [0.3, 0.4) is 0 Å². The number of nitrogens with one attached hydrogen (secondary N) is 1. The molecule has 0 radical (unpaired) electrons. The normalized spacial score (nSPS) is 10.7. The van der Waals surface area contributed by atoms with Crippen molar-refractivity contribution >= 4 is 23.4 Å². The second-order valence-corrected chi connectivity index (χ2v) is 8.28. The Labute approximate surface area is 191 Å². The second-order valence-electron chi connectivity index (χ2n) is 7.34. The Bertz CT molecular complexity index is 1220. The number of carbonyl (C=O) groups is 1. The number of benzene rings is 3. The molecular weight excluding hydrogens is 420 g/mol. The van der Waals surface area contributed by atoms with E-state index in [0.717, 1.165) is 28.3 Å². The number of hydrogen-bond donors (Lipinski definition) is 1. The first-order valence-electron chi connectivity index (χ1n) is 10.2. The van der Waals surface area contributed by atoms with E-state index in [4.69, 9.17) is 4.74 Å². The van der Waals surface area contributed by atoms with Gasteiger partial charge in [0.1, 0.15) is 5.75 Å². The highest BCUT2D eigenvalue weighted by Gasteiger charge is 2.17. The van der Waals surface area contributed by atoms with Crippen LogP contribution in [0.4, 0.5) is 5.69 Å². The van der Waals surface area contributed by atoms with Crippen molar-refractivity contribution in [3.63, 3.8) is 0 Å². The van der Waals surface area contributed by atoms with Crippen LogP contribution in [0.25, 0.3) is 17.1 Å². The lowest BCUT2D eigenvalue weighted by atomic mass is 10.1. The zero-order valence-corrected chi connectivity index (χ0v) is 19.0. The van der Waals surface area contributed by atoms with E-state index in [0.29, 0.717) is 11.0 Å². The minimum atomic E-state index is -0.0937. The van der Waals surface area contributed by atoms with Gasteiger partial charge in [-0.2, -0.15) is 0 Å². The van der Waals surface area contributed by atoms with Crippen LogP contribution in [-0.2, 0) is 4.79 Å². The monoisotopic (exact) mass is 444 g/mol. The number of methoxy groups -OCH3 is 1. The number of hydrogen-bond acceptors (Lipinski definition) is 5. The van der Waals surface area contributed by atoms with Crippen molar-refractivity contribution in [3.05, 3.63) is 83.9 Å². The Hall–Kier alpha value is -3.58. The van der Waals surface area contributed by atoms with Crippen molar-refractivity contribution in [2.45, 2.75) is 19.0 Å². The number of aromatic nitrogens is 3. The molecule has 0 bridgehead atoms. The van der Waals surface area contributed by atoms with Crippen molar-refractivity contribution in [3.8, 4) is 22.8 Å². The van der Waals surface area contributed by atoms with Crippen molar-refractivity contribution in [2.24, 2.45) is 0 Å². The Morgan fingerprint density at radius 3 is 2.41 bits per heavy atom. The van der Waals surface area contributed by atoms with Gasteiger partial charge in [0.15, 0.2) is 11.0 Å². The highest BCUT2D eigenvalue weighted by atomic mass is 32.2. The third-order valence-corrected chi connectivity index (χ3v) is 6.05. The average molecular weight is 445 g/mol. The van der Waals surface area contributed by atoms with Crippen LogP contribution in [0.1, 0.15) is 11.1 Å². The highest BCUT2D eigenvalue weighted by Crippen LogP contribution is 2.29. The maximum atomic E-state index is 12.6. The van der Waals surface area contributed by atoms with Crippen molar-refractivity contribution < 1.29 is 9.53 Å². The van der Waals surface area contributed by atoms with E-state index in [-0.39, 0.29) is 11.7 Å². The standard InChI is InChI=1S/C25H24N4O2S/c1-17-9-10-20(15-18(17)2)26-23(30)16-32-25-28-27-24(19-7-5-4-6-8-19)29(25)21-11-13-22(31-3)14-12-21/h4-15H,16H2,1-3H3,(H,26,30). The Balaban J connectivity index is 1.58. The summed E-state index contributed by atoms with van der Waals surface area (Å²) in [7, 11) is 1.64. The number of aryl methyl sites for hydroxylation is 2. The van der Waals surface area contributed by atoms with Gasteiger partial charge in [0.2, 0.25) is 5.91 Å². The zero-order valence-electron chi connectivity index (χ0n) is 18.2. The fourth-order valence-electron chi connectivity index (χ4n) is 3.25. The van der Waals surface area contributed by atoms with E-state index in [1.165, 1.54) is 17.3 Å². The Morgan fingerprint density at radius 2 is 1.72 bits per heavy atom.